The Morgan fingerprint density at radius 1 is 1.07 bits per heavy atom. The zero-order valence-electron chi connectivity index (χ0n) is 16.9. The van der Waals surface area contributed by atoms with Gasteiger partial charge in [-0.25, -0.2) is 15.0 Å². The van der Waals surface area contributed by atoms with E-state index in [4.69, 9.17) is 19.0 Å². The fourth-order valence-corrected chi connectivity index (χ4v) is 4.82. The van der Waals surface area contributed by atoms with Gasteiger partial charge in [0.05, 0.1) is 38.0 Å². The number of benzene rings is 1. The molecule has 30 heavy (non-hydrogen) atoms. The molecule has 7 nitrogen and oxygen atoms in total. The summed E-state index contributed by atoms with van der Waals surface area (Å²) >= 11 is 0. The van der Waals surface area contributed by atoms with Crippen molar-refractivity contribution in [3.8, 4) is 17.5 Å². The van der Waals surface area contributed by atoms with Crippen LogP contribution in [0.25, 0.3) is 0 Å². The Hall–Kier alpha value is -3.06. The van der Waals surface area contributed by atoms with Crippen molar-refractivity contribution in [3.05, 3.63) is 64.6 Å². The van der Waals surface area contributed by atoms with Crippen molar-refractivity contribution in [1.82, 2.24) is 15.0 Å². The summed E-state index contributed by atoms with van der Waals surface area (Å²) < 4.78 is 17.0. The average molecular weight is 405 g/mol. The molecule has 0 bridgehead atoms. The van der Waals surface area contributed by atoms with Crippen molar-refractivity contribution in [2.75, 3.05) is 26.9 Å². The Labute approximate surface area is 174 Å². The van der Waals surface area contributed by atoms with Crippen molar-refractivity contribution in [3.63, 3.8) is 0 Å². The van der Waals surface area contributed by atoms with E-state index in [0.29, 0.717) is 25.8 Å². The Morgan fingerprint density at radius 2 is 1.93 bits per heavy atom. The van der Waals surface area contributed by atoms with E-state index in [9.17, 15) is 0 Å². The summed E-state index contributed by atoms with van der Waals surface area (Å²) in [5.74, 6) is 1.87. The predicted molar refractivity (Wildman–Crippen MR) is 108 cm³/mol. The van der Waals surface area contributed by atoms with Crippen LogP contribution in [0.15, 0.2) is 47.9 Å². The third-order valence-corrected chi connectivity index (χ3v) is 6.35. The van der Waals surface area contributed by atoms with Gasteiger partial charge in [-0.05, 0) is 30.0 Å². The van der Waals surface area contributed by atoms with Gasteiger partial charge in [0, 0.05) is 36.0 Å². The summed E-state index contributed by atoms with van der Waals surface area (Å²) in [7, 11) is 1.56. The molecule has 0 radical (unpaired) electrons. The number of methoxy groups -OCH3 is 1. The fraction of sp³-hybridized carbons (Fsp3) is 0.391. The molecule has 4 heterocycles. The second-order valence-corrected chi connectivity index (χ2v) is 8.10. The van der Waals surface area contributed by atoms with Gasteiger partial charge >= 0.3 is 6.01 Å². The second kappa shape index (κ2) is 6.74. The molecule has 2 aromatic rings. The number of hydrogen-bond donors (Lipinski definition) is 0. The Bertz CT molecular complexity index is 1060. The minimum atomic E-state index is -0.272. The summed E-state index contributed by atoms with van der Waals surface area (Å²) in [6.07, 6.45) is 11.2. The fourth-order valence-electron chi connectivity index (χ4n) is 4.82. The van der Waals surface area contributed by atoms with Gasteiger partial charge in [0.2, 0.25) is 0 Å². The minimum absolute atomic E-state index is 0.272. The number of aromatic nitrogens is 2. The lowest BCUT2D eigenvalue weighted by Crippen LogP contribution is -2.47. The molecule has 1 fully saturated rings. The lowest BCUT2D eigenvalue weighted by atomic mass is 9.72. The molecule has 1 spiro atoms. The van der Waals surface area contributed by atoms with Gasteiger partial charge in [-0.15, -0.1) is 0 Å². The molecule has 1 aromatic carbocycles. The Kier molecular flexibility index (Phi) is 3.99. The summed E-state index contributed by atoms with van der Waals surface area (Å²) in [6, 6.07) is 4.69. The summed E-state index contributed by atoms with van der Waals surface area (Å²) in [5.41, 5.74) is 5.60. The third-order valence-electron chi connectivity index (χ3n) is 6.35. The van der Waals surface area contributed by atoms with Gasteiger partial charge in [0.15, 0.2) is 0 Å². The zero-order chi connectivity index (χ0) is 20.1. The number of hydrogen-bond acceptors (Lipinski definition) is 7. The monoisotopic (exact) mass is 405 g/mol. The molecule has 0 amide bonds. The summed E-state index contributed by atoms with van der Waals surface area (Å²) in [6.45, 7) is 2.45. The SMILES string of the molecule is COc1ncc(CN2OCC3(COc4cc5c(cc43)CCO5)C3=CCCC=C32)cn1. The van der Waals surface area contributed by atoms with E-state index < -0.39 is 0 Å². The van der Waals surface area contributed by atoms with Gasteiger partial charge in [-0.3, -0.25) is 4.84 Å². The molecule has 0 saturated carbocycles. The zero-order valence-corrected chi connectivity index (χ0v) is 16.9. The molecule has 1 aliphatic carbocycles. The highest BCUT2D eigenvalue weighted by Gasteiger charge is 2.50. The average Bonchev–Trinajstić information content (AvgIpc) is 3.40. The van der Waals surface area contributed by atoms with Crippen LogP contribution in [0.5, 0.6) is 17.5 Å². The van der Waals surface area contributed by atoms with Crippen LogP contribution in [-0.4, -0.2) is 42.0 Å². The van der Waals surface area contributed by atoms with Crippen molar-refractivity contribution in [2.45, 2.75) is 31.2 Å². The van der Waals surface area contributed by atoms with E-state index in [1.165, 1.54) is 16.7 Å². The summed E-state index contributed by atoms with van der Waals surface area (Å²) in [5, 5.41) is 1.97. The highest BCUT2D eigenvalue weighted by Crippen LogP contribution is 2.52. The number of nitrogens with zero attached hydrogens (tertiary/aromatic N) is 3. The van der Waals surface area contributed by atoms with Crippen molar-refractivity contribution >= 4 is 0 Å². The summed E-state index contributed by atoms with van der Waals surface area (Å²) in [4.78, 5) is 14.8. The van der Waals surface area contributed by atoms with Crippen LogP contribution in [0.2, 0.25) is 0 Å². The van der Waals surface area contributed by atoms with E-state index in [1.807, 2.05) is 5.06 Å². The molecule has 3 aliphatic heterocycles. The van der Waals surface area contributed by atoms with Gasteiger partial charge in [0.25, 0.3) is 0 Å². The molecular weight excluding hydrogens is 382 g/mol. The van der Waals surface area contributed by atoms with Crippen LogP contribution < -0.4 is 14.2 Å². The molecule has 0 N–H and O–H groups in total. The van der Waals surface area contributed by atoms with Gasteiger partial charge in [-0.1, -0.05) is 12.2 Å². The van der Waals surface area contributed by atoms with Crippen molar-refractivity contribution in [2.24, 2.45) is 0 Å². The molecule has 4 aliphatic rings. The van der Waals surface area contributed by atoms with Crippen molar-refractivity contribution < 1.29 is 19.0 Å². The maximum absolute atomic E-state index is 6.35. The predicted octanol–water partition coefficient (Wildman–Crippen LogP) is 3.10. The smallest absolute Gasteiger partial charge is 0.316 e. The number of hydroxylamine groups is 2. The van der Waals surface area contributed by atoms with Crippen LogP contribution in [-0.2, 0) is 23.2 Å². The van der Waals surface area contributed by atoms with Crippen LogP contribution >= 0.6 is 0 Å². The minimum Gasteiger partial charge on any atom is -0.493 e. The molecule has 1 aromatic heterocycles. The second-order valence-electron chi connectivity index (χ2n) is 8.10. The largest absolute Gasteiger partial charge is 0.493 e. The maximum atomic E-state index is 6.35. The number of ether oxygens (including phenoxy) is 3. The van der Waals surface area contributed by atoms with Gasteiger partial charge in [-0.2, -0.15) is 0 Å². The number of rotatable bonds is 3. The molecular formula is C23H23N3O4. The van der Waals surface area contributed by atoms with Crippen LogP contribution in [0, 0.1) is 0 Å². The quantitative estimate of drug-likeness (QED) is 0.777. The van der Waals surface area contributed by atoms with E-state index >= 15 is 0 Å². The Morgan fingerprint density at radius 3 is 2.80 bits per heavy atom. The van der Waals surface area contributed by atoms with Crippen molar-refractivity contribution in [1.29, 1.82) is 0 Å². The highest BCUT2D eigenvalue weighted by atomic mass is 16.7. The first-order valence-corrected chi connectivity index (χ1v) is 10.4. The van der Waals surface area contributed by atoms with Crippen LogP contribution in [0.1, 0.15) is 29.5 Å². The molecule has 1 saturated heterocycles. The van der Waals surface area contributed by atoms with E-state index in [2.05, 4.69) is 34.3 Å². The van der Waals surface area contributed by atoms with E-state index in [0.717, 1.165) is 48.6 Å². The molecule has 7 heteroatoms. The number of allylic oxidation sites excluding steroid dienone is 3. The van der Waals surface area contributed by atoms with Gasteiger partial charge < -0.3 is 14.2 Å². The normalized spacial score (nSPS) is 23.7. The first-order chi connectivity index (χ1) is 14.8. The number of fused-ring (bicyclic) bond motifs is 5. The lowest BCUT2D eigenvalue weighted by Gasteiger charge is -2.44. The first-order valence-electron chi connectivity index (χ1n) is 10.4. The van der Waals surface area contributed by atoms with E-state index in [1.54, 1.807) is 19.5 Å². The van der Waals surface area contributed by atoms with Crippen LogP contribution in [0.4, 0.5) is 0 Å². The molecule has 1 atom stereocenters. The maximum Gasteiger partial charge on any atom is 0.316 e. The highest BCUT2D eigenvalue weighted by molar-refractivity contribution is 5.60. The Balaban J connectivity index is 1.34. The lowest BCUT2D eigenvalue weighted by molar-refractivity contribution is -0.168. The molecule has 1 unspecified atom stereocenters. The topological polar surface area (TPSA) is 65.9 Å². The first kappa shape index (κ1) is 17.8. The van der Waals surface area contributed by atoms with Gasteiger partial charge in [0.1, 0.15) is 18.1 Å². The molecule has 154 valence electrons. The third kappa shape index (κ3) is 2.61. The standard InChI is InChI=1S/C23H23N3O4/c1-27-22-24-10-15(11-25-22)12-26-19-5-3-2-4-17(19)23(14-30-26)13-29-21-9-20-16(6-7-28-20)8-18(21)23/h4-5,8-11H,2-3,6-7,12-14H2,1H3. The molecule has 6 rings (SSSR count). The van der Waals surface area contributed by atoms with E-state index in [-0.39, 0.29) is 5.41 Å². The van der Waals surface area contributed by atoms with Crippen LogP contribution in [0.3, 0.4) is 0 Å².